The highest BCUT2D eigenvalue weighted by Gasteiger charge is 2.25. The molecule has 18 heavy (non-hydrogen) atoms. The Balaban J connectivity index is 2.92. The number of hydrogen-bond acceptors (Lipinski definition) is 4. The van der Waals surface area contributed by atoms with E-state index in [1.807, 2.05) is 13.8 Å². The first-order valence-corrected chi connectivity index (χ1v) is 6.39. The number of nitrogens with zero attached hydrogens (tertiary/aromatic N) is 2. The van der Waals surface area contributed by atoms with Crippen LogP contribution in [0.2, 0.25) is 5.02 Å². The highest BCUT2D eigenvalue weighted by molar-refractivity contribution is 6.33. The van der Waals surface area contributed by atoms with Crippen molar-refractivity contribution >= 4 is 17.4 Å². The van der Waals surface area contributed by atoms with Gasteiger partial charge < -0.3 is 9.47 Å². The number of Topliss-reactive ketones (excluding diaryl/α,β-unsaturated/α-hetero) is 1. The van der Waals surface area contributed by atoms with E-state index in [1.54, 1.807) is 11.8 Å². The first-order valence-electron chi connectivity index (χ1n) is 6.01. The number of carbonyl (C=O) groups excluding carboxylic acids is 1. The molecule has 0 aromatic carbocycles. The van der Waals surface area contributed by atoms with Crippen LogP contribution < -0.4 is 0 Å². The molecule has 0 saturated carbocycles. The zero-order valence-corrected chi connectivity index (χ0v) is 11.7. The Morgan fingerprint density at radius 3 is 2.83 bits per heavy atom. The summed E-state index contributed by atoms with van der Waals surface area (Å²) in [5.74, 6) is -0.127. The van der Waals surface area contributed by atoms with Gasteiger partial charge in [-0.3, -0.25) is 9.48 Å². The summed E-state index contributed by atoms with van der Waals surface area (Å²) < 4.78 is 12.0. The molecule has 0 radical (unpaired) electrons. The summed E-state index contributed by atoms with van der Waals surface area (Å²) in [6.45, 7) is 5.23. The van der Waals surface area contributed by atoms with Crippen molar-refractivity contribution < 1.29 is 14.3 Å². The van der Waals surface area contributed by atoms with Gasteiger partial charge in [-0.2, -0.15) is 5.10 Å². The third kappa shape index (κ3) is 3.54. The van der Waals surface area contributed by atoms with Crippen LogP contribution in [0.1, 0.15) is 30.8 Å². The van der Waals surface area contributed by atoms with Crippen LogP contribution in [-0.2, 0) is 16.0 Å². The van der Waals surface area contributed by atoms with Gasteiger partial charge in [-0.15, -0.1) is 0 Å². The van der Waals surface area contributed by atoms with Crippen LogP contribution in [0.3, 0.4) is 0 Å². The molecule has 5 nitrogen and oxygen atoms in total. The molecular formula is C12H19ClN2O3. The third-order valence-electron chi connectivity index (χ3n) is 2.57. The van der Waals surface area contributed by atoms with Crippen LogP contribution in [0.25, 0.3) is 0 Å². The van der Waals surface area contributed by atoms with Gasteiger partial charge in [0, 0.05) is 13.7 Å². The molecule has 102 valence electrons. The minimum atomic E-state index is -0.467. The van der Waals surface area contributed by atoms with Gasteiger partial charge in [0.1, 0.15) is 11.8 Å². The van der Waals surface area contributed by atoms with Crippen LogP contribution in [0, 0.1) is 0 Å². The van der Waals surface area contributed by atoms with Crippen molar-refractivity contribution in [2.75, 3.05) is 20.3 Å². The summed E-state index contributed by atoms with van der Waals surface area (Å²) >= 11 is 6.02. The molecule has 1 unspecified atom stereocenters. The van der Waals surface area contributed by atoms with Gasteiger partial charge in [0.15, 0.2) is 0 Å². The van der Waals surface area contributed by atoms with Crippen molar-refractivity contribution in [1.29, 1.82) is 0 Å². The van der Waals surface area contributed by atoms with E-state index < -0.39 is 6.10 Å². The largest absolute Gasteiger partial charge is 0.383 e. The average Bonchev–Trinajstić information content (AvgIpc) is 2.73. The van der Waals surface area contributed by atoms with Crippen molar-refractivity contribution in [2.45, 2.75) is 32.9 Å². The van der Waals surface area contributed by atoms with Crippen LogP contribution in [0.15, 0.2) is 6.20 Å². The zero-order chi connectivity index (χ0) is 13.5. The fourth-order valence-corrected chi connectivity index (χ4v) is 1.92. The van der Waals surface area contributed by atoms with E-state index in [0.717, 1.165) is 0 Å². The molecule has 1 aromatic heterocycles. The van der Waals surface area contributed by atoms with E-state index in [2.05, 4.69) is 5.10 Å². The number of rotatable bonds is 8. The van der Waals surface area contributed by atoms with Crippen LogP contribution in [0.5, 0.6) is 0 Å². The Bertz CT molecular complexity index is 393. The van der Waals surface area contributed by atoms with E-state index in [0.29, 0.717) is 36.9 Å². The Morgan fingerprint density at radius 2 is 2.28 bits per heavy atom. The maximum atomic E-state index is 12.3. The molecule has 1 atom stereocenters. The Kier molecular flexibility index (Phi) is 6.32. The molecule has 0 N–H and O–H groups in total. The number of aromatic nitrogens is 2. The quantitative estimate of drug-likeness (QED) is 0.682. The fourth-order valence-electron chi connectivity index (χ4n) is 1.69. The molecule has 1 rings (SSSR count). The topological polar surface area (TPSA) is 53.3 Å². The van der Waals surface area contributed by atoms with Gasteiger partial charge in [-0.05, 0) is 13.3 Å². The SMILES string of the molecule is CCOC(CC)C(=O)c1c(Cl)cnn1CCOC. The van der Waals surface area contributed by atoms with E-state index >= 15 is 0 Å². The summed E-state index contributed by atoms with van der Waals surface area (Å²) in [5, 5.41) is 4.44. The molecule has 1 heterocycles. The lowest BCUT2D eigenvalue weighted by Gasteiger charge is -2.15. The number of ketones is 1. The van der Waals surface area contributed by atoms with E-state index in [1.165, 1.54) is 6.20 Å². The van der Waals surface area contributed by atoms with Crippen LogP contribution in [-0.4, -0.2) is 42.0 Å². The van der Waals surface area contributed by atoms with Crippen molar-refractivity contribution in [3.8, 4) is 0 Å². The smallest absolute Gasteiger partial charge is 0.211 e. The Labute approximate surface area is 112 Å². The normalized spacial score (nSPS) is 12.7. The molecule has 0 saturated heterocycles. The predicted octanol–water partition coefficient (Wildman–Crippen LogP) is 2.18. The van der Waals surface area contributed by atoms with Gasteiger partial charge in [-0.25, -0.2) is 0 Å². The predicted molar refractivity (Wildman–Crippen MR) is 69.1 cm³/mol. The number of hydrogen-bond donors (Lipinski definition) is 0. The molecule has 0 fully saturated rings. The monoisotopic (exact) mass is 274 g/mol. The first kappa shape index (κ1) is 15.1. The van der Waals surface area contributed by atoms with Crippen LogP contribution >= 0.6 is 11.6 Å². The van der Waals surface area contributed by atoms with Gasteiger partial charge in [-0.1, -0.05) is 18.5 Å². The van der Waals surface area contributed by atoms with Crippen molar-refractivity contribution in [2.24, 2.45) is 0 Å². The second-order valence-corrected chi connectivity index (χ2v) is 4.18. The molecule has 1 aromatic rings. The highest BCUT2D eigenvalue weighted by atomic mass is 35.5. The lowest BCUT2D eigenvalue weighted by molar-refractivity contribution is 0.0432. The van der Waals surface area contributed by atoms with E-state index in [-0.39, 0.29) is 5.78 Å². The maximum absolute atomic E-state index is 12.3. The molecule has 0 aliphatic rings. The van der Waals surface area contributed by atoms with Crippen molar-refractivity contribution in [3.63, 3.8) is 0 Å². The lowest BCUT2D eigenvalue weighted by Crippen LogP contribution is -2.27. The van der Waals surface area contributed by atoms with Gasteiger partial charge >= 0.3 is 0 Å². The standard InChI is InChI=1S/C12H19ClN2O3/c1-4-10(18-5-2)12(16)11-9(13)8-14-15(11)6-7-17-3/h8,10H,4-7H2,1-3H3. The highest BCUT2D eigenvalue weighted by Crippen LogP contribution is 2.19. The molecule has 6 heteroatoms. The third-order valence-corrected chi connectivity index (χ3v) is 2.84. The van der Waals surface area contributed by atoms with Gasteiger partial charge in [0.25, 0.3) is 0 Å². The number of halogens is 1. The van der Waals surface area contributed by atoms with Crippen LogP contribution in [0.4, 0.5) is 0 Å². The van der Waals surface area contributed by atoms with Gasteiger partial charge in [0.2, 0.25) is 5.78 Å². The molecule has 0 aliphatic heterocycles. The second-order valence-electron chi connectivity index (χ2n) is 3.77. The molecule has 0 spiro atoms. The van der Waals surface area contributed by atoms with E-state index in [9.17, 15) is 4.79 Å². The fraction of sp³-hybridized carbons (Fsp3) is 0.667. The number of carbonyl (C=O) groups is 1. The minimum Gasteiger partial charge on any atom is -0.383 e. The molecule has 0 amide bonds. The average molecular weight is 275 g/mol. The molecule has 0 bridgehead atoms. The molecule has 0 aliphatic carbocycles. The first-order chi connectivity index (χ1) is 8.65. The number of ether oxygens (including phenoxy) is 2. The summed E-state index contributed by atoms with van der Waals surface area (Å²) in [6.07, 6.45) is 1.62. The summed E-state index contributed by atoms with van der Waals surface area (Å²) in [6, 6.07) is 0. The molecular weight excluding hydrogens is 256 g/mol. The lowest BCUT2D eigenvalue weighted by atomic mass is 10.1. The Morgan fingerprint density at radius 1 is 1.56 bits per heavy atom. The number of methoxy groups -OCH3 is 1. The Hall–Kier alpha value is -0.910. The summed E-state index contributed by atoms with van der Waals surface area (Å²) in [4.78, 5) is 12.3. The summed E-state index contributed by atoms with van der Waals surface area (Å²) in [7, 11) is 1.60. The van der Waals surface area contributed by atoms with Gasteiger partial charge in [0.05, 0.1) is 24.4 Å². The van der Waals surface area contributed by atoms with Crippen molar-refractivity contribution in [3.05, 3.63) is 16.9 Å². The van der Waals surface area contributed by atoms with Crippen molar-refractivity contribution in [1.82, 2.24) is 9.78 Å². The second kappa shape index (κ2) is 7.51. The maximum Gasteiger partial charge on any atom is 0.211 e. The van der Waals surface area contributed by atoms with E-state index in [4.69, 9.17) is 21.1 Å². The minimum absolute atomic E-state index is 0.127. The zero-order valence-electron chi connectivity index (χ0n) is 11.0. The summed E-state index contributed by atoms with van der Waals surface area (Å²) in [5.41, 5.74) is 0.397.